The number of carbonyl (C=O) groups is 3. The molecule has 36 heavy (non-hydrogen) atoms. The third-order valence-corrected chi connectivity index (χ3v) is 5.29. The van der Waals surface area contributed by atoms with Gasteiger partial charge in [-0.05, 0) is 69.7 Å². The molecular formula is C28H32N4O4. The number of rotatable bonds is 8. The Hall–Kier alpha value is -4.20. The summed E-state index contributed by atoms with van der Waals surface area (Å²) in [6.45, 7) is 7.51. The van der Waals surface area contributed by atoms with E-state index in [4.69, 9.17) is 0 Å². The SMILES string of the molecule is Cc1ccc(N(C(=O)CCC(=O)Nc2ccccn2)[C@@H](C(=O)NC(C)(C)C)c2ccc(O)cc2)cc1. The lowest BCUT2D eigenvalue weighted by Gasteiger charge is -2.34. The molecule has 0 aliphatic carbocycles. The van der Waals surface area contributed by atoms with Gasteiger partial charge in [-0.1, -0.05) is 35.9 Å². The number of aryl methyl sites for hydroxylation is 1. The number of aromatic nitrogens is 1. The first-order valence-corrected chi connectivity index (χ1v) is 11.7. The number of aromatic hydroxyl groups is 1. The minimum atomic E-state index is -1.01. The second kappa shape index (κ2) is 11.5. The number of nitrogens with zero attached hydrogens (tertiary/aromatic N) is 2. The van der Waals surface area contributed by atoms with Gasteiger partial charge in [0.15, 0.2) is 0 Å². The summed E-state index contributed by atoms with van der Waals surface area (Å²) in [5, 5.41) is 15.4. The van der Waals surface area contributed by atoms with Crippen molar-refractivity contribution in [1.82, 2.24) is 10.3 Å². The second-order valence-electron chi connectivity index (χ2n) is 9.60. The number of phenols is 1. The van der Waals surface area contributed by atoms with Crippen molar-refractivity contribution in [3.05, 3.63) is 84.1 Å². The summed E-state index contributed by atoms with van der Waals surface area (Å²) >= 11 is 0. The summed E-state index contributed by atoms with van der Waals surface area (Å²) < 4.78 is 0. The highest BCUT2D eigenvalue weighted by Crippen LogP contribution is 2.31. The van der Waals surface area contributed by atoms with Crippen molar-refractivity contribution in [3.8, 4) is 5.75 Å². The van der Waals surface area contributed by atoms with Gasteiger partial charge in [0.25, 0.3) is 0 Å². The zero-order valence-corrected chi connectivity index (χ0v) is 21.0. The number of nitrogens with one attached hydrogen (secondary N) is 2. The molecule has 0 aliphatic rings. The quantitative estimate of drug-likeness (QED) is 0.432. The Morgan fingerprint density at radius 1 is 0.944 bits per heavy atom. The van der Waals surface area contributed by atoms with E-state index < -0.39 is 17.5 Å². The standard InChI is InChI=1S/C28H32N4O4/c1-19-8-12-21(13-9-19)32(25(35)17-16-24(34)30-23-7-5-6-18-29-23)26(27(36)31-28(2,3)4)20-10-14-22(33)15-11-20/h5-15,18,26,33H,16-17H2,1-4H3,(H,31,36)(H,29,30,34)/t26-/m1/s1. The van der Waals surface area contributed by atoms with E-state index in [-0.39, 0.29) is 30.4 Å². The van der Waals surface area contributed by atoms with Crippen LogP contribution in [0.4, 0.5) is 11.5 Å². The molecule has 0 unspecified atom stereocenters. The fourth-order valence-electron chi connectivity index (χ4n) is 3.64. The highest BCUT2D eigenvalue weighted by atomic mass is 16.3. The number of phenolic OH excluding ortho intramolecular Hbond substituents is 1. The van der Waals surface area contributed by atoms with Crippen LogP contribution in [0.2, 0.25) is 0 Å². The van der Waals surface area contributed by atoms with E-state index in [1.54, 1.807) is 48.7 Å². The van der Waals surface area contributed by atoms with E-state index in [9.17, 15) is 19.5 Å². The molecule has 0 radical (unpaired) electrons. The van der Waals surface area contributed by atoms with Crippen LogP contribution >= 0.6 is 0 Å². The highest BCUT2D eigenvalue weighted by molar-refractivity contribution is 6.03. The molecule has 3 N–H and O–H groups in total. The van der Waals surface area contributed by atoms with Crippen LogP contribution in [0.3, 0.4) is 0 Å². The Morgan fingerprint density at radius 2 is 1.61 bits per heavy atom. The van der Waals surface area contributed by atoms with Gasteiger partial charge in [0.1, 0.15) is 17.6 Å². The second-order valence-corrected chi connectivity index (χ2v) is 9.60. The van der Waals surface area contributed by atoms with Gasteiger partial charge >= 0.3 is 0 Å². The molecule has 8 heteroatoms. The highest BCUT2D eigenvalue weighted by Gasteiger charge is 2.34. The van der Waals surface area contributed by atoms with Crippen molar-refractivity contribution in [2.75, 3.05) is 10.2 Å². The number of hydrogen-bond donors (Lipinski definition) is 3. The molecule has 3 rings (SSSR count). The zero-order chi connectivity index (χ0) is 26.3. The largest absolute Gasteiger partial charge is 0.508 e. The Morgan fingerprint density at radius 3 is 2.19 bits per heavy atom. The molecule has 0 saturated carbocycles. The van der Waals surface area contributed by atoms with Crippen LogP contribution in [0.15, 0.2) is 72.9 Å². The minimum Gasteiger partial charge on any atom is -0.508 e. The first-order chi connectivity index (χ1) is 17.0. The predicted octanol–water partition coefficient (Wildman–Crippen LogP) is 4.50. The number of benzene rings is 2. The summed E-state index contributed by atoms with van der Waals surface area (Å²) in [5.74, 6) is -0.673. The van der Waals surface area contributed by atoms with Gasteiger partial charge in [-0.15, -0.1) is 0 Å². The molecule has 1 aromatic heterocycles. The number of carbonyl (C=O) groups excluding carboxylic acids is 3. The molecule has 188 valence electrons. The molecule has 8 nitrogen and oxygen atoms in total. The van der Waals surface area contributed by atoms with Crippen LogP contribution in [0.5, 0.6) is 5.75 Å². The average molecular weight is 489 g/mol. The van der Waals surface area contributed by atoms with E-state index in [1.807, 2.05) is 39.8 Å². The van der Waals surface area contributed by atoms with Gasteiger partial charge in [-0.3, -0.25) is 19.3 Å². The lowest BCUT2D eigenvalue weighted by Crippen LogP contribution is -2.49. The first kappa shape index (κ1) is 26.4. The van der Waals surface area contributed by atoms with E-state index in [0.29, 0.717) is 17.1 Å². The average Bonchev–Trinajstić information content (AvgIpc) is 2.82. The Bertz CT molecular complexity index is 1190. The Labute approximate surface area is 211 Å². The van der Waals surface area contributed by atoms with Gasteiger partial charge < -0.3 is 15.7 Å². The van der Waals surface area contributed by atoms with Gasteiger partial charge in [0, 0.05) is 30.3 Å². The van der Waals surface area contributed by atoms with Crippen molar-refractivity contribution in [1.29, 1.82) is 0 Å². The molecule has 1 heterocycles. The fraction of sp³-hybridized carbons (Fsp3) is 0.286. The van der Waals surface area contributed by atoms with Crippen molar-refractivity contribution in [2.45, 2.75) is 52.1 Å². The third-order valence-electron chi connectivity index (χ3n) is 5.29. The number of anilines is 2. The van der Waals surface area contributed by atoms with E-state index in [2.05, 4.69) is 15.6 Å². The zero-order valence-electron chi connectivity index (χ0n) is 21.0. The Kier molecular flexibility index (Phi) is 8.42. The van der Waals surface area contributed by atoms with Gasteiger partial charge in [-0.2, -0.15) is 0 Å². The number of hydrogen-bond acceptors (Lipinski definition) is 5. The van der Waals surface area contributed by atoms with Crippen molar-refractivity contribution in [2.24, 2.45) is 0 Å². The van der Waals surface area contributed by atoms with Crippen molar-refractivity contribution >= 4 is 29.2 Å². The fourth-order valence-corrected chi connectivity index (χ4v) is 3.64. The summed E-state index contributed by atoms with van der Waals surface area (Å²) in [5.41, 5.74) is 1.51. The van der Waals surface area contributed by atoms with E-state index in [1.165, 1.54) is 17.0 Å². The topological polar surface area (TPSA) is 112 Å². The van der Waals surface area contributed by atoms with Crippen LogP contribution in [0.25, 0.3) is 0 Å². The minimum absolute atomic E-state index is 0.0492. The maximum Gasteiger partial charge on any atom is 0.248 e. The smallest absolute Gasteiger partial charge is 0.248 e. The normalized spacial score (nSPS) is 11.9. The third kappa shape index (κ3) is 7.40. The molecule has 0 bridgehead atoms. The molecular weight excluding hydrogens is 456 g/mol. The lowest BCUT2D eigenvalue weighted by atomic mass is 10.00. The predicted molar refractivity (Wildman–Crippen MR) is 140 cm³/mol. The van der Waals surface area contributed by atoms with Gasteiger partial charge in [0.05, 0.1) is 0 Å². The summed E-state index contributed by atoms with van der Waals surface area (Å²) in [7, 11) is 0. The van der Waals surface area contributed by atoms with E-state index in [0.717, 1.165) is 5.56 Å². The van der Waals surface area contributed by atoms with Crippen LogP contribution in [0.1, 0.15) is 50.8 Å². The molecule has 0 fully saturated rings. The van der Waals surface area contributed by atoms with Gasteiger partial charge in [-0.25, -0.2) is 4.98 Å². The molecule has 0 spiro atoms. The monoisotopic (exact) mass is 488 g/mol. The van der Waals surface area contributed by atoms with Crippen LogP contribution in [0, 0.1) is 6.92 Å². The van der Waals surface area contributed by atoms with Crippen LogP contribution in [-0.2, 0) is 14.4 Å². The first-order valence-electron chi connectivity index (χ1n) is 11.7. The summed E-state index contributed by atoms with van der Waals surface area (Å²) in [6.07, 6.45) is 1.36. The molecule has 3 aromatic rings. The molecule has 2 aromatic carbocycles. The van der Waals surface area contributed by atoms with Crippen LogP contribution < -0.4 is 15.5 Å². The maximum atomic E-state index is 13.6. The summed E-state index contributed by atoms with van der Waals surface area (Å²) in [6, 6.07) is 17.6. The summed E-state index contributed by atoms with van der Waals surface area (Å²) in [4.78, 5) is 45.2. The molecule has 0 saturated heterocycles. The van der Waals surface area contributed by atoms with E-state index >= 15 is 0 Å². The maximum absolute atomic E-state index is 13.6. The van der Waals surface area contributed by atoms with Gasteiger partial charge in [0.2, 0.25) is 17.7 Å². The Balaban J connectivity index is 1.94. The van der Waals surface area contributed by atoms with Crippen molar-refractivity contribution in [3.63, 3.8) is 0 Å². The van der Waals surface area contributed by atoms with Crippen molar-refractivity contribution < 1.29 is 19.5 Å². The molecule has 1 atom stereocenters. The number of pyridine rings is 1. The molecule has 0 aliphatic heterocycles. The lowest BCUT2D eigenvalue weighted by molar-refractivity contribution is -0.128. The van der Waals surface area contributed by atoms with Crippen LogP contribution in [-0.4, -0.2) is 33.4 Å². The molecule has 3 amide bonds. The number of amides is 3.